The zero-order valence-electron chi connectivity index (χ0n) is 18.3. The molecular formula is C23H28FN3O4S. The number of amides is 1. The summed E-state index contributed by atoms with van der Waals surface area (Å²) in [5.41, 5.74) is 2.45. The van der Waals surface area contributed by atoms with Crippen molar-refractivity contribution in [2.45, 2.75) is 37.2 Å². The number of carbonyl (C=O) groups is 1. The van der Waals surface area contributed by atoms with Gasteiger partial charge in [0.1, 0.15) is 5.82 Å². The van der Waals surface area contributed by atoms with Gasteiger partial charge in [0, 0.05) is 44.3 Å². The fourth-order valence-electron chi connectivity index (χ4n) is 4.56. The number of hydrogen-bond donors (Lipinski definition) is 1. The van der Waals surface area contributed by atoms with Gasteiger partial charge in [-0.25, -0.2) is 17.5 Å². The summed E-state index contributed by atoms with van der Waals surface area (Å²) in [5.74, 6) is -0.389. The van der Waals surface area contributed by atoms with E-state index in [4.69, 9.17) is 4.74 Å². The second-order valence-electron chi connectivity index (χ2n) is 8.30. The molecule has 4 rings (SSSR count). The summed E-state index contributed by atoms with van der Waals surface area (Å²) in [6.45, 7) is 6.09. The largest absolute Gasteiger partial charge is 0.379 e. The molecule has 0 radical (unpaired) electrons. The van der Waals surface area contributed by atoms with Crippen LogP contribution in [0.2, 0.25) is 0 Å². The molecular weight excluding hydrogens is 433 g/mol. The van der Waals surface area contributed by atoms with Crippen molar-refractivity contribution in [3.05, 3.63) is 59.4 Å². The molecule has 0 bridgehead atoms. The topological polar surface area (TPSA) is 79.0 Å². The fourth-order valence-corrected chi connectivity index (χ4v) is 5.65. The van der Waals surface area contributed by atoms with Crippen LogP contribution in [0, 0.1) is 5.82 Å². The van der Waals surface area contributed by atoms with E-state index in [2.05, 4.69) is 9.62 Å². The van der Waals surface area contributed by atoms with E-state index in [0.29, 0.717) is 32.7 Å². The molecule has 0 aromatic heterocycles. The van der Waals surface area contributed by atoms with Crippen LogP contribution < -0.4 is 9.62 Å². The van der Waals surface area contributed by atoms with Gasteiger partial charge in [0.05, 0.1) is 18.1 Å². The maximum Gasteiger partial charge on any atom is 0.240 e. The lowest BCUT2D eigenvalue weighted by atomic mass is 10.0. The Bertz CT molecular complexity index is 1080. The predicted octanol–water partition coefficient (Wildman–Crippen LogP) is 2.48. The second-order valence-corrected chi connectivity index (χ2v) is 10.1. The van der Waals surface area contributed by atoms with Gasteiger partial charge in [-0.2, -0.15) is 0 Å². The normalized spacial score (nSPS) is 20.2. The van der Waals surface area contributed by atoms with Crippen LogP contribution in [0.4, 0.5) is 10.1 Å². The van der Waals surface area contributed by atoms with Crippen molar-refractivity contribution in [3.63, 3.8) is 0 Å². The van der Waals surface area contributed by atoms with E-state index in [9.17, 15) is 17.6 Å². The minimum Gasteiger partial charge on any atom is -0.379 e. The molecule has 2 aromatic rings. The number of hydrogen-bond acceptors (Lipinski definition) is 5. The van der Waals surface area contributed by atoms with Crippen LogP contribution in [0.5, 0.6) is 0 Å². The minimum atomic E-state index is -3.77. The molecule has 2 aromatic carbocycles. The van der Waals surface area contributed by atoms with Gasteiger partial charge in [-0.3, -0.25) is 9.69 Å². The minimum absolute atomic E-state index is 0.00223. The Hall–Kier alpha value is -2.33. The quantitative estimate of drug-likeness (QED) is 0.715. The second kappa shape index (κ2) is 9.27. The highest BCUT2D eigenvalue weighted by Gasteiger charge is 2.31. The molecule has 0 unspecified atom stereocenters. The molecule has 0 saturated carbocycles. The van der Waals surface area contributed by atoms with Crippen molar-refractivity contribution in [3.8, 4) is 0 Å². The Morgan fingerprint density at radius 3 is 2.53 bits per heavy atom. The zero-order chi connectivity index (χ0) is 22.9. The molecule has 2 atom stereocenters. The highest BCUT2D eigenvalue weighted by Crippen LogP contribution is 2.34. The molecule has 2 aliphatic rings. The molecule has 172 valence electrons. The van der Waals surface area contributed by atoms with Gasteiger partial charge in [0.2, 0.25) is 15.9 Å². The van der Waals surface area contributed by atoms with Crippen molar-refractivity contribution in [1.82, 2.24) is 9.62 Å². The Kier molecular flexibility index (Phi) is 6.62. The predicted molar refractivity (Wildman–Crippen MR) is 119 cm³/mol. The third kappa shape index (κ3) is 4.71. The molecule has 1 fully saturated rings. The third-order valence-electron chi connectivity index (χ3n) is 6.12. The molecule has 7 nitrogen and oxygen atoms in total. The molecule has 1 amide bonds. The molecule has 2 heterocycles. The lowest BCUT2D eigenvalue weighted by molar-refractivity contribution is -0.116. The number of carbonyl (C=O) groups excluding carboxylic acids is 1. The van der Waals surface area contributed by atoms with E-state index >= 15 is 0 Å². The van der Waals surface area contributed by atoms with Gasteiger partial charge in [-0.05, 0) is 54.8 Å². The van der Waals surface area contributed by atoms with Crippen LogP contribution in [-0.2, 0) is 26.0 Å². The van der Waals surface area contributed by atoms with Crippen molar-refractivity contribution >= 4 is 21.6 Å². The molecule has 32 heavy (non-hydrogen) atoms. The molecule has 1 saturated heterocycles. The highest BCUT2D eigenvalue weighted by atomic mass is 32.2. The van der Waals surface area contributed by atoms with E-state index in [0.717, 1.165) is 16.8 Å². The first-order valence-corrected chi connectivity index (χ1v) is 12.2. The van der Waals surface area contributed by atoms with Crippen LogP contribution in [0.25, 0.3) is 0 Å². The first kappa shape index (κ1) is 22.8. The van der Waals surface area contributed by atoms with E-state index in [1.54, 1.807) is 29.2 Å². The van der Waals surface area contributed by atoms with E-state index in [1.165, 1.54) is 25.1 Å². The van der Waals surface area contributed by atoms with Crippen LogP contribution in [-0.4, -0.2) is 58.1 Å². The average Bonchev–Trinajstić information content (AvgIpc) is 3.11. The van der Waals surface area contributed by atoms with Crippen LogP contribution in [0.1, 0.15) is 31.0 Å². The van der Waals surface area contributed by atoms with E-state index in [1.807, 2.05) is 6.92 Å². The smallest absolute Gasteiger partial charge is 0.240 e. The zero-order valence-corrected chi connectivity index (χ0v) is 19.1. The number of rotatable bonds is 6. The standard InChI is InChI=1S/C23H28FN3O4S/c1-16-13-19-14-21(7-8-22(19)27(16)17(2)28)32(29,30)25-15-23(26-9-11-31-12-10-26)18-3-5-20(24)6-4-18/h3-8,14,16,23,25H,9-13,15H2,1-2H3/t16-,23-/m1/s1. The molecule has 2 aliphatic heterocycles. The van der Waals surface area contributed by atoms with Gasteiger partial charge in [-0.1, -0.05) is 12.1 Å². The summed E-state index contributed by atoms with van der Waals surface area (Å²) in [4.78, 5) is 16.0. The molecule has 0 aliphatic carbocycles. The summed E-state index contributed by atoms with van der Waals surface area (Å²) in [7, 11) is -3.77. The number of benzene rings is 2. The van der Waals surface area contributed by atoms with Gasteiger partial charge in [0.25, 0.3) is 0 Å². The monoisotopic (exact) mass is 461 g/mol. The first-order valence-electron chi connectivity index (χ1n) is 10.8. The number of nitrogens with zero attached hydrogens (tertiary/aromatic N) is 2. The first-order chi connectivity index (χ1) is 15.3. The third-order valence-corrected chi connectivity index (χ3v) is 7.55. The number of morpholine rings is 1. The fraction of sp³-hybridized carbons (Fsp3) is 0.435. The number of halogens is 1. The van der Waals surface area contributed by atoms with Crippen molar-refractivity contribution in [2.75, 3.05) is 37.7 Å². The highest BCUT2D eigenvalue weighted by molar-refractivity contribution is 7.89. The van der Waals surface area contributed by atoms with Crippen molar-refractivity contribution in [1.29, 1.82) is 0 Å². The van der Waals surface area contributed by atoms with Gasteiger partial charge in [-0.15, -0.1) is 0 Å². The van der Waals surface area contributed by atoms with Gasteiger partial charge in [0.15, 0.2) is 0 Å². The molecule has 9 heteroatoms. The van der Waals surface area contributed by atoms with Crippen LogP contribution in [0.3, 0.4) is 0 Å². The number of anilines is 1. The molecule has 1 N–H and O–H groups in total. The Morgan fingerprint density at radius 2 is 1.88 bits per heavy atom. The van der Waals surface area contributed by atoms with Gasteiger partial charge < -0.3 is 9.64 Å². The number of ether oxygens (including phenoxy) is 1. The Balaban J connectivity index is 1.55. The van der Waals surface area contributed by atoms with Crippen molar-refractivity contribution < 1.29 is 22.3 Å². The number of fused-ring (bicyclic) bond motifs is 1. The SMILES string of the molecule is CC(=O)N1c2ccc(S(=O)(=O)NC[C@H](c3ccc(F)cc3)N3CCOCC3)cc2C[C@H]1C. The van der Waals surface area contributed by atoms with Gasteiger partial charge >= 0.3 is 0 Å². The summed E-state index contributed by atoms with van der Waals surface area (Å²) < 4.78 is 47.8. The average molecular weight is 462 g/mol. The molecule has 0 spiro atoms. The maximum absolute atomic E-state index is 13.4. The maximum atomic E-state index is 13.4. The number of nitrogens with one attached hydrogen (secondary N) is 1. The van der Waals surface area contributed by atoms with Crippen molar-refractivity contribution in [2.24, 2.45) is 0 Å². The Morgan fingerprint density at radius 1 is 1.19 bits per heavy atom. The summed E-state index contributed by atoms with van der Waals surface area (Å²) in [6, 6.07) is 10.8. The van der Waals surface area contributed by atoms with E-state index < -0.39 is 10.0 Å². The van der Waals surface area contributed by atoms with Crippen LogP contribution in [0.15, 0.2) is 47.4 Å². The summed E-state index contributed by atoms with van der Waals surface area (Å²) >= 11 is 0. The van der Waals surface area contributed by atoms with E-state index in [-0.39, 0.29) is 35.2 Å². The lowest BCUT2D eigenvalue weighted by Gasteiger charge is -2.34. The summed E-state index contributed by atoms with van der Waals surface area (Å²) in [5, 5.41) is 0. The summed E-state index contributed by atoms with van der Waals surface area (Å²) in [6.07, 6.45) is 0.615. The number of sulfonamides is 1. The lowest BCUT2D eigenvalue weighted by Crippen LogP contribution is -2.43. The Labute approximate surface area is 188 Å². The van der Waals surface area contributed by atoms with Crippen LogP contribution >= 0.6 is 0 Å².